The number of benzene rings is 5. The largest absolute Gasteiger partial charge is 0.455 e. The summed E-state index contributed by atoms with van der Waals surface area (Å²) in [6, 6.07) is 38.3. The van der Waals surface area contributed by atoms with E-state index in [1.807, 2.05) is 6.07 Å². The summed E-state index contributed by atoms with van der Waals surface area (Å²) >= 11 is 0. The first-order valence-electron chi connectivity index (χ1n) is 9.88. The van der Waals surface area contributed by atoms with Crippen LogP contribution in [-0.2, 0) is 0 Å². The summed E-state index contributed by atoms with van der Waals surface area (Å²) in [5, 5.41) is 6.04. The lowest BCUT2D eigenvalue weighted by Gasteiger charge is -2.10. The number of fused-ring (bicyclic) bond motifs is 3. The second-order valence-electron chi connectivity index (χ2n) is 7.36. The zero-order valence-corrected chi connectivity index (χ0v) is 15.8. The lowest BCUT2D eigenvalue weighted by Crippen LogP contribution is -1.85. The van der Waals surface area contributed by atoms with Crippen LogP contribution >= 0.6 is 0 Å². The molecule has 0 aliphatic carbocycles. The minimum atomic E-state index is 0.915. The lowest BCUT2D eigenvalue weighted by molar-refractivity contribution is 0.633. The molecule has 1 aromatic heterocycles. The fraction of sp³-hybridized carbons (Fsp3) is 0. The minimum absolute atomic E-state index is 0.915. The normalized spacial score (nSPS) is 11.4. The van der Waals surface area contributed by atoms with Crippen LogP contribution in [0.5, 0.6) is 0 Å². The molecule has 136 valence electrons. The lowest BCUT2D eigenvalue weighted by atomic mass is 9.92. The molecule has 29 heavy (non-hydrogen) atoms. The monoisotopic (exact) mass is 370 g/mol. The topological polar surface area (TPSA) is 13.1 Å². The van der Waals surface area contributed by atoms with Crippen molar-refractivity contribution < 1.29 is 4.42 Å². The van der Waals surface area contributed by atoms with Gasteiger partial charge in [-0.15, -0.1) is 0 Å². The van der Waals surface area contributed by atoms with Gasteiger partial charge in [-0.05, 0) is 33.2 Å². The SMILES string of the molecule is c1ccc2c(-c3oc4ccccc4c3-c3cccc4ccccc34)cccc2c1. The van der Waals surface area contributed by atoms with Crippen LogP contribution in [0.1, 0.15) is 0 Å². The van der Waals surface area contributed by atoms with Crippen molar-refractivity contribution in [2.45, 2.75) is 0 Å². The fourth-order valence-electron chi connectivity index (χ4n) is 4.37. The van der Waals surface area contributed by atoms with Crippen LogP contribution in [0.4, 0.5) is 0 Å². The Morgan fingerprint density at radius 2 is 0.931 bits per heavy atom. The van der Waals surface area contributed by atoms with E-state index in [0.29, 0.717) is 0 Å². The zero-order chi connectivity index (χ0) is 19.2. The van der Waals surface area contributed by atoms with E-state index >= 15 is 0 Å². The summed E-state index contributed by atoms with van der Waals surface area (Å²) in [6.07, 6.45) is 0. The molecule has 6 rings (SSSR count). The van der Waals surface area contributed by atoms with Gasteiger partial charge in [-0.3, -0.25) is 0 Å². The van der Waals surface area contributed by atoms with Crippen LogP contribution in [-0.4, -0.2) is 0 Å². The number of rotatable bonds is 2. The van der Waals surface area contributed by atoms with Gasteiger partial charge in [0.15, 0.2) is 0 Å². The molecule has 0 saturated heterocycles. The summed E-state index contributed by atoms with van der Waals surface area (Å²) in [5.74, 6) is 0.930. The Balaban J connectivity index is 1.77. The third kappa shape index (κ3) is 2.48. The minimum Gasteiger partial charge on any atom is -0.455 e. The molecule has 1 heterocycles. The van der Waals surface area contributed by atoms with E-state index in [2.05, 4.69) is 103 Å². The molecule has 0 radical (unpaired) electrons. The van der Waals surface area contributed by atoms with Gasteiger partial charge in [0.05, 0.1) is 0 Å². The summed E-state index contributed by atoms with van der Waals surface area (Å²) in [5.41, 5.74) is 4.41. The maximum absolute atomic E-state index is 6.50. The fourth-order valence-corrected chi connectivity index (χ4v) is 4.37. The number of hydrogen-bond donors (Lipinski definition) is 0. The van der Waals surface area contributed by atoms with Gasteiger partial charge < -0.3 is 4.42 Å². The van der Waals surface area contributed by atoms with E-state index in [-0.39, 0.29) is 0 Å². The molecule has 0 saturated carbocycles. The summed E-state index contributed by atoms with van der Waals surface area (Å²) in [4.78, 5) is 0. The molecule has 0 spiro atoms. The highest BCUT2D eigenvalue weighted by molar-refractivity contribution is 6.11. The van der Waals surface area contributed by atoms with Gasteiger partial charge in [0, 0.05) is 16.5 Å². The smallest absolute Gasteiger partial charge is 0.143 e. The molecule has 5 aromatic carbocycles. The van der Waals surface area contributed by atoms with Crippen LogP contribution in [0.2, 0.25) is 0 Å². The van der Waals surface area contributed by atoms with Gasteiger partial charge in [0.1, 0.15) is 11.3 Å². The number of para-hydroxylation sites is 1. The van der Waals surface area contributed by atoms with Crippen molar-refractivity contribution in [3.05, 3.63) is 109 Å². The molecule has 0 unspecified atom stereocenters. The Morgan fingerprint density at radius 1 is 0.414 bits per heavy atom. The molecule has 1 heteroatoms. The maximum Gasteiger partial charge on any atom is 0.143 e. The third-order valence-electron chi connectivity index (χ3n) is 5.69. The number of furan rings is 1. The molecule has 0 aliphatic heterocycles. The maximum atomic E-state index is 6.50. The van der Waals surface area contributed by atoms with Crippen molar-refractivity contribution in [1.82, 2.24) is 0 Å². The van der Waals surface area contributed by atoms with Gasteiger partial charge in [0.25, 0.3) is 0 Å². The Bertz CT molecular complexity index is 1490. The predicted molar refractivity (Wildman–Crippen MR) is 122 cm³/mol. The van der Waals surface area contributed by atoms with E-state index in [1.54, 1.807) is 0 Å². The second kappa shape index (κ2) is 6.35. The van der Waals surface area contributed by atoms with Crippen molar-refractivity contribution in [1.29, 1.82) is 0 Å². The van der Waals surface area contributed by atoms with E-state index in [4.69, 9.17) is 4.42 Å². The molecule has 0 amide bonds. The number of hydrogen-bond acceptors (Lipinski definition) is 1. The quantitative estimate of drug-likeness (QED) is 0.300. The van der Waals surface area contributed by atoms with Gasteiger partial charge >= 0.3 is 0 Å². The zero-order valence-electron chi connectivity index (χ0n) is 15.8. The van der Waals surface area contributed by atoms with E-state index in [0.717, 1.165) is 27.9 Å². The molecule has 1 nitrogen and oxygen atoms in total. The van der Waals surface area contributed by atoms with Gasteiger partial charge in [0.2, 0.25) is 0 Å². The van der Waals surface area contributed by atoms with Crippen molar-refractivity contribution in [3.63, 3.8) is 0 Å². The standard InChI is InChI=1S/C28H18O/c1-3-13-21-19(9-1)11-7-16-23(21)27-25-15-5-6-18-26(25)29-28(27)24-17-8-12-20-10-2-4-14-22(20)24/h1-18H. The van der Waals surface area contributed by atoms with Crippen molar-refractivity contribution in [2.24, 2.45) is 0 Å². The van der Waals surface area contributed by atoms with Crippen LogP contribution in [0.3, 0.4) is 0 Å². The van der Waals surface area contributed by atoms with Crippen LogP contribution in [0.25, 0.3) is 55.0 Å². The predicted octanol–water partition coefficient (Wildman–Crippen LogP) is 8.07. The summed E-state index contributed by atoms with van der Waals surface area (Å²) < 4.78 is 6.50. The Hall–Kier alpha value is -3.84. The van der Waals surface area contributed by atoms with Gasteiger partial charge in [-0.2, -0.15) is 0 Å². The van der Waals surface area contributed by atoms with E-state index in [9.17, 15) is 0 Å². The van der Waals surface area contributed by atoms with Gasteiger partial charge in [-0.25, -0.2) is 0 Å². The Kier molecular flexibility index (Phi) is 3.54. The first-order chi connectivity index (χ1) is 14.4. The summed E-state index contributed by atoms with van der Waals surface area (Å²) in [6.45, 7) is 0. The highest BCUT2D eigenvalue weighted by Crippen LogP contribution is 2.44. The third-order valence-corrected chi connectivity index (χ3v) is 5.69. The van der Waals surface area contributed by atoms with Crippen molar-refractivity contribution in [3.8, 4) is 22.5 Å². The van der Waals surface area contributed by atoms with Gasteiger partial charge in [-0.1, -0.05) is 103 Å². The molecule has 0 fully saturated rings. The average molecular weight is 370 g/mol. The molecule has 0 atom stereocenters. The van der Waals surface area contributed by atoms with E-state index < -0.39 is 0 Å². The molecule has 6 aromatic rings. The molecule has 0 N–H and O–H groups in total. The highest BCUT2D eigenvalue weighted by Gasteiger charge is 2.20. The average Bonchev–Trinajstić information content (AvgIpc) is 3.17. The Labute approximate surface area is 168 Å². The van der Waals surface area contributed by atoms with E-state index in [1.165, 1.54) is 27.1 Å². The Morgan fingerprint density at radius 3 is 1.66 bits per heavy atom. The van der Waals surface area contributed by atoms with Crippen molar-refractivity contribution in [2.75, 3.05) is 0 Å². The van der Waals surface area contributed by atoms with Crippen LogP contribution in [0.15, 0.2) is 114 Å². The van der Waals surface area contributed by atoms with Crippen LogP contribution < -0.4 is 0 Å². The molecular weight excluding hydrogens is 352 g/mol. The van der Waals surface area contributed by atoms with Crippen molar-refractivity contribution >= 4 is 32.5 Å². The molecular formula is C28H18O. The first-order valence-corrected chi connectivity index (χ1v) is 9.88. The highest BCUT2D eigenvalue weighted by atomic mass is 16.3. The van der Waals surface area contributed by atoms with Crippen LogP contribution in [0, 0.1) is 0 Å². The first kappa shape index (κ1) is 16.1. The molecule has 0 bridgehead atoms. The second-order valence-corrected chi connectivity index (χ2v) is 7.36. The molecule has 0 aliphatic rings. The summed E-state index contributed by atoms with van der Waals surface area (Å²) in [7, 11) is 0.